The lowest BCUT2D eigenvalue weighted by Gasteiger charge is -2.23. The molecule has 1 amide bonds. The van der Waals surface area contributed by atoms with Gasteiger partial charge in [-0.05, 0) is 12.8 Å². The summed E-state index contributed by atoms with van der Waals surface area (Å²) >= 11 is 0. The van der Waals surface area contributed by atoms with Gasteiger partial charge in [-0.15, -0.1) is 0 Å². The maximum Gasteiger partial charge on any atom is 0.307 e. The molecule has 0 aliphatic heterocycles. The molecule has 0 radical (unpaired) electrons. The van der Waals surface area contributed by atoms with Crippen LogP contribution in [0.3, 0.4) is 0 Å². The third-order valence-corrected chi connectivity index (χ3v) is 2.84. The van der Waals surface area contributed by atoms with Crippen molar-refractivity contribution in [3.63, 3.8) is 0 Å². The van der Waals surface area contributed by atoms with Crippen LogP contribution in [-0.4, -0.2) is 27.2 Å². The van der Waals surface area contributed by atoms with Crippen LogP contribution in [0.15, 0.2) is 24.4 Å². The number of amides is 1. The van der Waals surface area contributed by atoms with Gasteiger partial charge in [0, 0.05) is 6.07 Å². The SMILES string of the molecule is O=C(O)[C@H]1CC=CC[C@H]1C(=O)Nc1ccn[nH]1. The van der Waals surface area contributed by atoms with Crippen molar-refractivity contribution in [3.8, 4) is 0 Å². The van der Waals surface area contributed by atoms with E-state index < -0.39 is 17.8 Å². The molecular formula is C11H13N3O3. The van der Waals surface area contributed by atoms with E-state index in [0.29, 0.717) is 18.7 Å². The molecule has 1 aliphatic carbocycles. The van der Waals surface area contributed by atoms with Gasteiger partial charge in [0.05, 0.1) is 18.0 Å². The van der Waals surface area contributed by atoms with Crippen molar-refractivity contribution in [1.82, 2.24) is 10.2 Å². The Morgan fingerprint density at radius 1 is 1.35 bits per heavy atom. The number of nitrogens with zero attached hydrogens (tertiary/aromatic N) is 1. The lowest BCUT2D eigenvalue weighted by Crippen LogP contribution is -2.34. The summed E-state index contributed by atoms with van der Waals surface area (Å²) in [4.78, 5) is 23.0. The predicted octanol–water partition coefficient (Wildman–Crippen LogP) is 1.02. The van der Waals surface area contributed by atoms with Crippen LogP contribution in [0.4, 0.5) is 5.82 Å². The highest BCUT2D eigenvalue weighted by molar-refractivity contribution is 5.94. The van der Waals surface area contributed by atoms with E-state index in [-0.39, 0.29) is 5.91 Å². The van der Waals surface area contributed by atoms with E-state index >= 15 is 0 Å². The van der Waals surface area contributed by atoms with Gasteiger partial charge in [-0.2, -0.15) is 5.10 Å². The van der Waals surface area contributed by atoms with Crippen molar-refractivity contribution in [1.29, 1.82) is 0 Å². The lowest BCUT2D eigenvalue weighted by atomic mass is 9.82. The van der Waals surface area contributed by atoms with Gasteiger partial charge in [-0.25, -0.2) is 0 Å². The predicted molar refractivity (Wildman–Crippen MR) is 60.2 cm³/mol. The van der Waals surface area contributed by atoms with E-state index in [1.165, 1.54) is 6.20 Å². The summed E-state index contributed by atoms with van der Waals surface area (Å²) in [6, 6.07) is 1.62. The van der Waals surface area contributed by atoms with Crippen LogP contribution in [0.2, 0.25) is 0 Å². The smallest absolute Gasteiger partial charge is 0.307 e. The standard InChI is InChI=1S/C11H13N3O3/c15-10(13-9-5-6-12-14-9)7-3-1-2-4-8(7)11(16)17/h1-2,5-8H,3-4H2,(H,16,17)(H2,12,13,14,15)/t7-,8+/m1/s1. The van der Waals surface area contributed by atoms with E-state index in [1.807, 2.05) is 6.08 Å². The Kier molecular flexibility index (Phi) is 3.22. The molecule has 0 fully saturated rings. The van der Waals surface area contributed by atoms with E-state index in [0.717, 1.165) is 0 Å². The Bertz CT molecular complexity index is 439. The number of hydrogen-bond acceptors (Lipinski definition) is 3. The van der Waals surface area contributed by atoms with Gasteiger partial charge in [0.2, 0.25) is 5.91 Å². The number of carboxylic acid groups (broad SMARTS) is 1. The summed E-state index contributed by atoms with van der Waals surface area (Å²) in [5.41, 5.74) is 0. The Balaban J connectivity index is 2.07. The molecule has 0 saturated heterocycles. The molecule has 1 aliphatic rings. The number of carbonyl (C=O) groups excluding carboxylic acids is 1. The maximum absolute atomic E-state index is 11.9. The first kappa shape index (κ1) is 11.4. The highest BCUT2D eigenvalue weighted by atomic mass is 16.4. The molecule has 0 aromatic carbocycles. The maximum atomic E-state index is 11.9. The molecule has 0 unspecified atom stereocenters. The van der Waals surface area contributed by atoms with Crippen molar-refractivity contribution in [3.05, 3.63) is 24.4 Å². The Hall–Kier alpha value is -2.11. The number of aromatic amines is 1. The lowest BCUT2D eigenvalue weighted by molar-refractivity contribution is -0.146. The second kappa shape index (κ2) is 4.82. The number of aromatic nitrogens is 2. The number of H-pyrrole nitrogens is 1. The summed E-state index contributed by atoms with van der Waals surface area (Å²) < 4.78 is 0. The van der Waals surface area contributed by atoms with Gasteiger partial charge < -0.3 is 10.4 Å². The zero-order chi connectivity index (χ0) is 12.3. The first-order valence-corrected chi connectivity index (χ1v) is 5.36. The fourth-order valence-electron chi connectivity index (χ4n) is 1.93. The molecule has 0 bridgehead atoms. The van der Waals surface area contributed by atoms with E-state index in [2.05, 4.69) is 15.5 Å². The number of carboxylic acids is 1. The molecule has 90 valence electrons. The summed E-state index contributed by atoms with van der Waals surface area (Å²) in [6.07, 6.45) is 6.02. The van der Waals surface area contributed by atoms with E-state index in [9.17, 15) is 9.59 Å². The molecular weight excluding hydrogens is 222 g/mol. The average molecular weight is 235 g/mol. The van der Waals surface area contributed by atoms with Gasteiger partial charge in [0.15, 0.2) is 0 Å². The van der Waals surface area contributed by atoms with Crippen molar-refractivity contribution >= 4 is 17.7 Å². The van der Waals surface area contributed by atoms with Crippen LogP contribution >= 0.6 is 0 Å². The third kappa shape index (κ3) is 2.52. The number of allylic oxidation sites excluding steroid dienone is 2. The van der Waals surface area contributed by atoms with Gasteiger partial charge in [-0.1, -0.05) is 12.2 Å². The van der Waals surface area contributed by atoms with Crippen LogP contribution < -0.4 is 5.32 Å². The fourth-order valence-corrected chi connectivity index (χ4v) is 1.93. The number of aliphatic carboxylic acids is 1. The quantitative estimate of drug-likeness (QED) is 0.681. The van der Waals surface area contributed by atoms with Crippen LogP contribution in [0.25, 0.3) is 0 Å². The molecule has 2 rings (SSSR count). The van der Waals surface area contributed by atoms with Crippen LogP contribution in [0, 0.1) is 11.8 Å². The minimum Gasteiger partial charge on any atom is -0.481 e. The minimum absolute atomic E-state index is 0.286. The normalized spacial score (nSPS) is 23.3. The second-order valence-corrected chi connectivity index (χ2v) is 3.95. The summed E-state index contributed by atoms with van der Waals surface area (Å²) in [7, 11) is 0. The van der Waals surface area contributed by atoms with Gasteiger partial charge >= 0.3 is 5.97 Å². The molecule has 1 heterocycles. The highest BCUT2D eigenvalue weighted by Gasteiger charge is 2.33. The number of hydrogen-bond donors (Lipinski definition) is 3. The topological polar surface area (TPSA) is 95.1 Å². The number of carbonyl (C=O) groups is 2. The van der Waals surface area contributed by atoms with Crippen LogP contribution in [0.1, 0.15) is 12.8 Å². The van der Waals surface area contributed by atoms with Gasteiger partial charge in [-0.3, -0.25) is 14.7 Å². The third-order valence-electron chi connectivity index (χ3n) is 2.84. The molecule has 0 spiro atoms. The van der Waals surface area contributed by atoms with Crippen molar-refractivity contribution < 1.29 is 14.7 Å². The molecule has 2 atom stereocenters. The Morgan fingerprint density at radius 3 is 2.65 bits per heavy atom. The van der Waals surface area contributed by atoms with Gasteiger partial charge in [0.1, 0.15) is 5.82 Å². The first-order valence-electron chi connectivity index (χ1n) is 5.36. The summed E-state index contributed by atoms with van der Waals surface area (Å²) in [5, 5.41) is 18.0. The van der Waals surface area contributed by atoms with Gasteiger partial charge in [0.25, 0.3) is 0 Å². The molecule has 0 saturated carbocycles. The Labute approximate surface area is 97.7 Å². The first-order chi connectivity index (χ1) is 8.18. The highest BCUT2D eigenvalue weighted by Crippen LogP contribution is 2.26. The largest absolute Gasteiger partial charge is 0.481 e. The van der Waals surface area contributed by atoms with Crippen molar-refractivity contribution in [2.45, 2.75) is 12.8 Å². The van der Waals surface area contributed by atoms with Crippen LogP contribution in [-0.2, 0) is 9.59 Å². The van der Waals surface area contributed by atoms with Crippen LogP contribution in [0.5, 0.6) is 0 Å². The molecule has 1 aromatic rings. The Morgan fingerprint density at radius 2 is 2.06 bits per heavy atom. The number of rotatable bonds is 3. The molecule has 6 nitrogen and oxygen atoms in total. The van der Waals surface area contributed by atoms with E-state index in [4.69, 9.17) is 5.11 Å². The molecule has 3 N–H and O–H groups in total. The number of nitrogens with one attached hydrogen (secondary N) is 2. The zero-order valence-electron chi connectivity index (χ0n) is 9.09. The summed E-state index contributed by atoms with van der Waals surface area (Å²) in [6.45, 7) is 0. The summed E-state index contributed by atoms with van der Waals surface area (Å²) in [5.74, 6) is -1.91. The number of anilines is 1. The fraction of sp³-hybridized carbons (Fsp3) is 0.364. The average Bonchev–Trinajstić information content (AvgIpc) is 2.81. The minimum atomic E-state index is -0.931. The molecule has 17 heavy (non-hydrogen) atoms. The van der Waals surface area contributed by atoms with Crippen molar-refractivity contribution in [2.75, 3.05) is 5.32 Å². The zero-order valence-corrected chi connectivity index (χ0v) is 9.09. The monoisotopic (exact) mass is 235 g/mol. The molecule has 6 heteroatoms. The second-order valence-electron chi connectivity index (χ2n) is 3.95. The van der Waals surface area contributed by atoms with Crippen molar-refractivity contribution in [2.24, 2.45) is 11.8 Å². The van der Waals surface area contributed by atoms with E-state index in [1.54, 1.807) is 12.1 Å². The molecule has 1 aromatic heterocycles.